The van der Waals surface area contributed by atoms with E-state index in [0.29, 0.717) is 6.39 Å². The predicted octanol–water partition coefficient (Wildman–Crippen LogP) is 1.80. The fourth-order valence-electron chi connectivity index (χ4n) is 0.997. The molecule has 0 saturated carbocycles. The van der Waals surface area contributed by atoms with E-state index >= 15 is 0 Å². The van der Waals surface area contributed by atoms with Gasteiger partial charge in [-0.15, -0.1) is 0 Å². The number of oxazole rings is 1. The average molecular weight is 223 g/mol. The molecule has 7 heteroatoms. The second-order valence-corrected chi connectivity index (χ2v) is 2.70. The van der Waals surface area contributed by atoms with Gasteiger partial charge in [-0.05, 0) is 0 Å². The van der Waals surface area contributed by atoms with Crippen LogP contribution in [0, 0.1) is 0 Å². The number of hydrogen-bond donors (Lipinski definition) is 0. The highest BCUT2D eigenvalue weighted by Crippen LogP contribution is 2.31. The first-order valence-corrected chi connectivity index (χ1v) is 4.01. The van der Waals surface area contributed by atoms with Crippen molar-refractivity contribution in [3.8, 4) is 0 Å². The molecule has 0 spiro atoms. The highest BCUT2D eigenvalue weighted by Gasteiger charge is 2.37. The second kappa shape index (κ2) is 4.33. The van der Waals surface area contributed by atoms with E-state index in [4.69, 9.17) is 0 Å². The molecule has 1 aromatic heterocycles. The highest BCUT2D eigenvalue weighted by atomic mass is 19.4. The molecular formula is C8H8F3NO3. The van der Waals surface area contributed by atoms with Crippen LogP contribution in [0.25, 0.3) is 0 Å². The maximum atomic E-state index is 12.2. The van der Waals surface area contributed by atoms with Gasteiger partial charge in [0, 0.05) is 6.42 Å². The number of halogens is 3. The lowest BCUT2D eigenvalue weighted by Gasteiger charge is -2.03. The van der Waals surface area contributed by atoms with Gasteiger partial charge in [0.25, 0.3) is 0 Å². The number of nitrogens with zero attached hydrogens (tertiary/aromatic N) is 1. The van der Waals surface area contributed by atoms with Gasteiger partial charge in [-0.25, -0.2) is 4.98 Å². The number of carbonyl (C=O) groups excluding carboxylic acids is 1. The summed E-state index contributed by atoms with van der Waals surface area (Å²) in [6.45, 7) is 0. The zero-order valence-electron chi connectivity index (χ0n) is 7.80. The normalized spacial score (nSPS) is 11.5. The van der Waals surface area contributed by atoms with E-state index in [1.54, 1.807) is 0 Å². The van der Waals surface area contributed by atoms with Crippen molar-refractivity contribution in [1.82, 2.24) is 4.98 Å². The van der Waals surface area contributed by atoms with Crippen LogP contribution in [0.2, 0.25) is 0 Å². The Labute approximate surface area is 83.0 Å². The first-order valence-electron chi connectivity index (χ1n) is 4.01. The van der Waals surface area contributed by atoms with Gasteiger partial charge in [0.1, 0.15) is 5.76 Å². The van der Waals surface area contributed by atoms with Gasteiger partial charge in [-0.2, -0.15) is 13.2 Å². The quantitative estimate of drug-likeness (QED) is 0.733. The molecule has 0 amide bonds. The van der Waals surface area contributed by atoms with Gasteiger partial charge in [0.15, 0.2) is 12.1 Å². The lowest BCUT2D eigenvalue weighted by atomic mass is 10.2. The zero-order valence-corrected chi connectivity index (χ0v) is 7.80. The van der Waals surface area contributed by atoms with Gasteiger partial charge < -0.3 is 9.15 Å². The number of methoxy groups -OCH3 is 1. The Morgan fingerprint density at radius 2 is 2.27 bits per heavy atom. The van der Waals surface area contributed by atoms with E-state index in [9.17, 15) is 18.0 Å². The molecule has 0 bridgehead atoms. The molecular weight excluding hydrogens is 215 g/mol. The van der Waals surface area contributed by atoms with Crippen molar-refractivity contribution in [3.63, 3.8) is 0 Å². The van der Waals surface area contributed by atoms with Gasteiger partial charge >= 0.3 is 12.1 Å². The van der Waals surface area contributed by atoms with Gasteiger partial charge in [-0.1, -0.05) is 0 Å². The molecule has 0 aliphatic heterocycles. The van der Waals surface area contributed by atoms with Gasteiger partial charge in [0.05, 0.1) is 13.5 Å². The number of hydrogen-bond acceptors (Lipinski definition) is 4. The molecule has 0 fully saturated rings. The van der Waals surface area contributed by atoms with Crippen LogP contribution in [0.1, 0.15) is 17.9 Å². The van der Waals surface area contributed by atoms with E-state index in [1.165, 1.54) is 0 Å². The predicted molar refractivity (Wildman–Crippen MR) is 41.8 cm³/mol. The lowest BCUT2D eigenvalue weighted by Crippen LogP contribution is -2.10. The van der Waals surface area contributed by atoms with E-state index in [1.807, 2.05) is 0 Å². The molecule has 84 valence electrons. The summed E-state index contributed by atoms with van der Waals surface area (Å²) in [5.41, 5.74) is -1.09. The van der Waals surface area contributed by atoms with E-state index in [0.717, 1.165) is 7.11 Å². The molecule has 0 N–H and O–H groups in total. The fourth-order valence-corrected chi connectivity index (χ4v) is 0.997. The molecule has 0 aliphatic rings. The standard InChI is InChI=1S/C8H8F3NO3/c1-14-6(13)3-2-5-7(8(9,10)11)12-4-15-5/h4H,2-3H2,1H3. The van der Waals surface area contributed by atoms with Crippen LogP contribution < -0.4 is 0 Å². The summed E-state index contributed by atoms with van der Waals surface area (Å²) in [6.07, 6.45) is -4.20. The largest absolute Gasteiger partial charge is 0.469 e. The van der Waals surface area contributed by atoms with Crippen LogP contribution in [-0.2, 0) is 22.1 Å². The topological polar surface area (TPSA) is 52.3 Å². The summed E-state index contributed by atoms with van der Waals surface area (Å²) in [4.78, 5) is 13.7. The number of rotatable bonds is 3. The zero-order chi connectivity index (χ0) is 11.5. The molecule has 1 aromatic rings. The third kappa shape index (κ3) is 2.97. The average Bonchev–Trinajstić information content (AvgIpc) is 2.61. The van der Waals surface area contributed by atoms with Crippen LogP contribution in [0.5, 0.6) is 0 Å². The van der Waals surface area contributed by atoms with Crippen LogP contribution >= 0.6 is 0 Å². The summed E-state index contributed by atoms with van der Waals surface area (Å²) in [5.74, 6) is -0.951. The van der Waals surface area contributed by atoms with Crippen molar-refractivity contribution < 1.29 is 27.1 Å². The Morgan fingerprint density at radius 3 is 2.80 bits per heavy atom. The summed E-state index contributed by atoms with van der Waals surface area (Å²) >= 11 is 0. The summed E-state index contributed by atoms with van der Waals surface area (Å²) in [6, 6.07) is 0. The van der Waals surface area contributed by atoms with Gasteiger partial charge in [-0.3, -0.25) is 4.79 Å². The van der Waals surface area contributed by atoms with Gasteiger partial charge in [0.2, 0.25) is 0 Å². The van der Waals surface area contributed by atoms with Crippen molar-refractivity contribution in [2.45, 2.75) is 19.0 Å². The maximum absolute atomic E-state index is 12.2. The highest BCUT2D eigenvalue weighted by molar-refractivity contribution is 5.69. The molecule has 1 heterocycles. The van der Waals surface area contributed by atoms with Crippen molar-refractivity contribution in [3.05, 3.63) is 17.8 Å². The number of ether oxygens (including phenoxy) is 1. The molecule has 0 atom stereocenters. The van der Waals surface area contributed by atoms with E-state index < -0.39 is 17.8 Å². The summed E-state index contributed by atoms with van der Waals surface area (Å²) in [7, 11) is 1.16. The third-order valence-electron chi connectivity index (χ3n) is 1.69. The Morgan fingerprint density at radius 1 is 1.60 bits per heavy atom. The molecule has 1 rings (SSSR count). The molecule has 0 radical (unpaired) electrons. The molecule has 15 heavy (non-hydrogen) atoms. The number of carbonyl (C=O) groups is 1. The van der Waals surface area contributed by atoms with Crippen LogP contribution in [0.3, 0.4) is 0 Å². The second-order valence-electron chi connectivity index (χ2n) is 2.70. The number of aromatic nitrogens is 1. The molecule has 0 aromatic carbocycles. The SMILES string of the molecule is COC(=O)CCc1ocnc1C(F)(F)F. The first kappa shape index (κ1) is 11.5. The lowest BCUT2D eigenvalue weighted by molar-refractivity contribution is -0.143. The number of alkyl halides is 3. The van der Waals surface area contributed by atoms with Crippen LogP contribution in [0.15, 0.2) is 10.8 Å². The minimum absolute atomic E-state index is 0.172. The smallest absolute Gasteiger partial charge is 0.436 e. The third-order valence-corrected chi connectivity index (χ3v) is 1.69. The van der Waals surface area contributed by atoms with Crippen LogP contribution in [-0.4, -0.2) is 18.1 Å². The Hall–Kier alpha value is -1.53. The van der Waals surface area contributed by atoms with Crippen molar-refractivity contribution in [2.24, 2.45) is 0 Å². The summed E-state index contributed by atoms with van der Waals surface area (Å²) in [5, 5.41) is 0. The fraction of sp³-hybridized carbons (Fsp3) is 0.500. The Kier molecular flexibility index (Phi) is 3.33. The molecule has 4 nitrogen and oxygen atoms in total. The molecule has 0 saturated heterocycles. The molecule has 0 unspecified atom stereocenters. The Balaban J connectivity index is 2.70. The van der Waals surface area contributed by atoms with E-state index in [-0.39, 0.29) is 18.6 Å². The number of esters is 1. The Bertz CT molecular complexity index is 345. The minimum atomic E-state index is -4.56. The van der Waals surface area contributed by atoms with Crippen molar-refractivity contribution in [2.75, 3.05) is 7.11 Å². The van der Waals surface area contributed by atoms with Crippen molar-refractivity contribution >= 4 is 5.97 Å². The minimum Gasteiger partial charge on any atom is -0.469 e. The summed E-state index contributed by atoms with van der Waals surface area (Å²) < 4.78 is 45.6. The van der Waals surface area contributed by atoms with Crippen LogP contribution in [0.4, 0.5) is 13.2 Å². The molecule has 0 aliphatic carbocycles. The van der Waals surface area contributed by atoms with E-state index in [2.05, 4.69) is 14.1 Å². The number of aryl methyl sites for hydroxylation is 1. The monoisotopic (exact) mass is 223 g/mol. The first-order chi connectivity index (χ1) is 6.95. The van der Waals surface area contributed by atoms with Crippen molar-refractivity contribution in [1.29, 1.82) is 0 Å². The maximum Gasteiger partial charge on any atom is 0.436 e.